The van der Waals surface area contributed by atoms with Gasteiger partial charge in [0.1, 0.15) is 0 Å². The average Bonchev–Trinajstić information content (AvgIpc) is 2.82. The van der Waals surface area contributed by atoms with E-state index >= 15 is 0 Å². The lowest BCUT2D eigenvalue weighted by atomic mass is 10.2. The molecule has 1 aliphatic rings. The van der Waals surface area contributed by atoms with Crippen molar-refractivity contribution in [3.05, 3.63) is 22.4 Å². The minimum absolute atomic E-state index is 0.0400. The highest BCUT2D eigenvalue weighted by molar-refractivity contribution is 7.12. The summed E-state index contributed by atoms with van der Waals surface area (Å²) in [7, 11) is 0. The molecule has 1 aromatic heterocycles. The van der Waals surface area contributed by atoms with Crippen molar-refractivity contribution in [3.63, 3.8) is 0 Å². The number of morpholine rings is 1. The number of ether oxygens (including phenoxy) is 1. The molecule has 2 heterocycles. The fourth-order valence-corrected chi connectivity index (χ4v) is 2.60. The summed E-state index contributed by atoms with van der Waals surface area (Å²) >= 11 is 7.23. The first-order chi connectivity index (χ1) is 7.72. The van der Waals surface area contributed by atoms with Crippen LogP contribution in [0.4, 0.5) is 0 Å². The van der Waals surface area contributed by atoms with Gasteiger partial charge in [-0.2, -0.15) is 0 Å². The quantitative estimate of drug-likeness (QED) is 0.763. The highest BCUT2D eigenvalue weighted by Gasteiger charge is 2.30. The van der Waals surface area contributed by atoms with Crippen LogP contribution in [0, 0.1) is 0 Å². The van der Waals surface area contributed by atoms with Gasteiger partial charge in [0, 0.05) is 6.54 Å². The van der Waals surface area contributed by atoms with Gasteiger partial charge in [0.05, 0.1) is 29.5 Å². The molecule has 0 spiro atoms. The van der Waals surface area contributed by atoms with Crippen LogP contribution in [0.3, 0.4) is 0 Å². The van der Waals surface area contributed by atoms with E-state index in [1.54, 1.807) is 0 Å². The summed E-state index contributed by atoms with van der Waals surface area (Å²) in [4.78, 5) is 14.8. The summed E-state index contributed by atoms with van der Waals surface area (Å²) in [6.45, 7) is 3.14. The van der Waals surface area contributed by atoms with E-state index in [0.29, 0.717) is 19.0 Å². The second-order valence-corrected chi connectivity index (χ2v) is 5.15. The third-order valence-corrected chi connectivity index (χ3v) is 3.87. The van der Waals surface area contributed by atoms with Crippen molar-refractivity contribution in [1.82, 2.24) is 4.90 Å². The Hall–Kier alpha value is -0.580. The summed E-state index contributed by atoms with van der Waals surface area (Å²) in [5.74, 6) is 0.516. The molecular formula is C11H14ClNO2S. The molecule has 0 N–H and O–H groups in total. The zero-order valence-electron chi connectivity index (χ0n) is 9.06. The number of amides is 1. The first-order valence-electron chi connectivity index (χ1n) is 5.24. The number of rotatable bonds is 2. The Morgan fingerprint density at radius 2 is 2.56 bits per heavy atom. The van der Waals surface area contributed by atoms with E-state index in [9.17, 15) is 4.79 Å². The minimum Gasteiger partial charge on any atom is -0.373 e. The Kier molecular flexibility index (Phi) is 3.84. The third-order valence-electron chi connectivity index (χ3n) is 2.67. The van der Waals surface area contributed by atoms with Gasteiger partial charge in [-0.1, -0.05) is 6.07 Å². The van der Waals surface area contributed by atoms with Crippen molar-refractivity contribution in [1.29, 1.82) is 0 Å². The number of alkyl halides is 1. The van der Waals surface area contributed by atoms with Crippen molar-refractivity contribution in [2.75, 3.05) is 19.0 Å². The molecule has 1 aliphatic heterocycles. The summed E-state index contributed by atoms with van der Waals surface area (Å²) in [5.41, 5.74) is 0. The van der Waals surface area contributed by atoms with Gasteiger partial charge in [-0.05, 0) is 18.4 Å². The lowest BCUT2D eigenvalue weighted by Crippen LogP contribution is -2.51. The molecule has 0 bridgehead atoms. The van der Waals surface area contributed by atoms with Crippen LogP contribution in [-0.2, 0) is 4.74 Å². The summed E-state index contributed by atoms with van der Waals surface area (Å²) < 4.78 is 5.51. The lowest BCUT2D eigenvalue weighted by Gasteiger charge is -2.37. The average molecular weight is 260 g/mol. The number of thiophene rings is 1. The molecule has 2 unspecified atom stereocenters. The fourth-order valence-electron chi connectivity index (χ4n) is 1.74. The largest absolute Gasteiger partial charge is 0.373 e. The second-order valence-electron chi connectivity index (χ2n) is 3.89. The summed E-state index contributed by atoms with van der Waals surface area (Å²) in [6.07, 6.45) is -0.0400. The Morgan fingerprint density at radius 3 is 3.19 bits per heavy atom. The summed E-state index contributed by atoms with van der Waals surface area (Å²) in [5, 5.41) is 1.91. The van der Waals surface area contributed by atoms with E-state index in [1.807, 2.05) is 29.3 Å². The molecule has 0 aromatic carbocycles. The molecule has 5 heteroatoms. The van der Waals surface area contributed by atoms with Gasteiger partial charge >= 0.3 is 0 Å². The normalized spacial score (nSPS) is 25.8. The number of hydrogen-bond acceptors (Lipinski definition) is 3. The van der Waals surface area contributed by atoms with Crippen molar-refractivity contribution >= 4 is 28.8 Å². The molecule has 1 amide bonds. The van der Waals surface area contributed by atoms with Gasteiger partial charge in [0.2, 0.25) is 0 Å². The molecule has 1 saturated heterocycles. The van der Waals surface area contributed by atoms with Crippen LogP contribution in [0.15, 0.2) is 17.5 Å². The minimum atomic E-state index is -0.0400. The van der Waals surface area contributed by atoms with Gasteiger partial charge in [0.25, 0.3) is 5.91 Å². The smallest absolute Gasteiger partial charge is 0.264 e. The fraction of sp³-hybridized carbons (Fsp3) is 0.545. The van der Waals surface area contributed by atoms with E-state index in [2.05, 4.69) is 0 Å². The van der Waals surface area contributed by atoms with Gasteiger partial charge in [-0.3, -0.25) is 4.79 Å². The number of nitrogens with zero attached hydrogens (tertiary/aromatic N) is 1. The van der Waals surface area contributed by atoms with Gasteiger partial charge in [-0.15, -0.1) is 22.9 Å². The Bertz CT molecular complexity index is 355. The van der Waals surface area contributed by atoms with E-state index in [1.165, 1.54) is 11.3 Å². The maximum Gasteiger partial charge on any atom is 0.264 e. The molecule has 1 fully saturated rings. The summed E-state index contributed by atoms with van der Waals surface area (Å²) in [6, 6.07) is 3.86. The maximum absolute atomic E-state index is 12.2. The molecule has 0 saturated carbocycles. The molecule has 2 atom stereocenters. The highest BCUT2D eigenvalue weighted by Crippen LogP contribution is 2.18. The van der Waals surface area contributed by atoms with Gasteiger partial charge in [0.15, 0.2) is 0 Å². The number of hydrogen-bond donors (Lipinski definition) is 0. The van der Waals surface area contributed by atoms with Crippen LogP contribution in [0.1, 0.15) is 16.6 Å². The molecule has 88 valence electrons. The van der Waals surface area contributed by atoms with Crippen LogP contribution in [0.5, 0.6) is 0 Å². The Morgan fingerprint density at radius 1 is 1.75 bits per heavy atom. The van der Waals surface area contributed by atoms with Crippen LogP contribution >= 0.6 is 22.9 Å². The Balaban J connectivity index is 2.09. The lowest BCUT2D eigenvalue weighted by molar-refractivity contribution is -0.0370. The van der Waals surface area contributed by atoms with Crippen LogP contribution in [0.25, 0.3) is 0 Å². The second kappa shape index (κ2) is 5.17. The van der Waals surface area contributed by atoms with E-state index in [-0.39, 0.29) is 18.1 Å². The first-order valence-corrected chi connectivity index (χ1v) is 6.66. The van der Waals surface area contributed by atoms with Crippen molar-refractivity contribution in [3.8, 4) is 0 Å². The zero-order valence-corrected chi connectivity index (χ0v) is 10.6. The molecule has 0 aliphatic carbocycles. The number of halogens is 1. The Labute approximate surface area is 104 Å². The van der Waals surface area contributed by atoms with Crippen molar-refractivity contribution < 1.29 is 9.53 Å². The molecule has 3 nitrogen and oxygen atoms in total. The number of carbonyl (C=O) groups is 1. The molecular weight excluding hydrogens is 246 g/mol. The van der Waals surface area contributed by atoms with Gasteiger partial charge in [-0.25, -0.2) is 0 Å². The van der Waals surface area contributed by atoms with Crippen LogP contribution < -0.4 is 0 Å². The van der Waals surface area contributed by atoms with Crippen molar-refractivity contribution in [2.45, 2.75) is 19.1 Å². The highest BCUT2D eigenvalue weighted by atomic mass is 35.5. The van der Waals surface area contributed by atoms with E-state index in [0.717, 1.165) is 4.88 Å². The molecule has 2 rings (SSSR count). The van der Waals surface area contributed by atoms with Gasteiger partial charge < -0.3 is 9.64 Å². The predicted molar refractivity (Wildman–Crippen MR) is 65.3 cm³/mol. The predicted octanol–water partition coefficient (Wildman–Crippen LogP) is 2.22. The van der Waals surface area contributed by atoms with Crippen LogP contribution in [0.2, 0.25) is 0 Å². The molecule has 0 radical (unpaired) electrons. The first kappa shape index (κ1) is 11.9. The molecule has 16 heavy (non-hydrogen) atoms. The molecule has 1 aromatic rings. The van der Waals surface area contributed by atoms with Crippen LogP contribution in [-0.4, -0.2) is 42.0 Å². The topological polar surface area (TPSA) is 29.5 Å². The van der Waals surface area contributed by atoms with E-state index in [4.69, 9.17) is 16.3 Å². The van der Waals surface area contributed by atoms with E-state index < -0.39 is 0 Å². The third kappa shape index (κ3) is 2.39. The maximum atomic E-state index is 12.2. The number of carbonyl (C=O) groups excluding carboxylic acids is 1. The SMILES string of the molecule is CC1COC(CCl)CN1C(=O)c1cccs1. The van der Waals surface area contributed by atoms with Crippen molar-refractivity contribution in [2.24, 2.45) is 0 Å². The monoisotopic (exact) mass is 259 g/mol. The standard InChI is InChI=1S/C11H14ClNO2S/c1-8-7-15-9(5-12)6-13(8)11(14)10-3-2-4-16-10/h2-4,8-9H,5-7H2,1H3. The zero-order chi connectivity index (χ0) is 11.5.